The molecule has 0 spiro atoms. The summed E-state index contributed by atoms with van der Waals surface area (Å²) in [6.07, 6.45) is 4.80. The van der Waals surface area contributed by atoms with Crippen LogP contribution in [0.15, 0.2) is 48.7 Å². The van der Waals surface area contributed by atoms with Crippen molar-refractivity contribution in [3.63, 3.8) is 0 Å². The first-order valence-corrected chi connectivity index (χ1v) is 10.2. The number of fused-ring (bicyclic) bond motifs is 1. The fourth-order valence-corrected chi connectivity index (χ4v) is 4.40. The van der Waals surface area contributed by atoms with Gasteiger partial charge in [-0.05, 0) is 42.2 Å². The molecule has 2 aromatic carbocycles. The van der Waals surface area contributed by atoms with Crippen LogP contribution in [0.2, 0.25) is 0 Å². The maximum Gasteiger partial charge on any atom is 0.223 e. The second-order valence-corrected chi connectivity index (χ2v) is 7.67. The van der Waals surface area contributed by atoms with E-state index in [0.29, 0.717) is 17.9 Å². The third kappa shape index (κ3) is 3.69. The average molecular weight is 392 g/mol. The fourth-order valence-electron chi connectivity index (χ4n) is 4.40. The number of carbonyl (C=O) groups is 1. The number of para-hydroxylation sites is 1. The van der Waals surface area contributed by atoms with Gasteiger partial charge in [0, 0.05) is 49.6 Å². The Kier molecular flexibility index (Phi) is 5.47. The lowest BCUT2D eigenvalue weighted by Gasteiger charge is -2.22. The fraction of sp³-hybridized carbons (Fsp3) is 0.375. The zero-order chi connectivity index (χ0) is 20.4. The number of aryl methyl sites for hydroxylation is 1. The summed E-state index contributed by atoms with van der Waals surface area (Å²) < 4.78 is 13.1. The zero-order valence-electron chi connectivity index (χ0n) is 17.4. The lowest BCUT2D eigenvalue weighted by Crippen LogP contribution is -2.29. The number of likely N-dealkylation sites (tertiary alicyclic amines) is 1. The minimum atomic E-state index is -0.0472. The van der Waals surface area contributed by atoms with Crippen molar-refractivity contribution in [2.75, 3.05) is 27.3 Å². The maximum atomic E-state index is 13.1. The summed E-state index contributed by atoms with van der Waals surface area (Å²) in [7, 11) is 5.33. The number of ether oxygens (including phenoxy) is 2. The largest absolute Gasteiger partial charge is 0.493 e. The molecule has 5 nitrogen and oxygen atoms in total. The Balaban J connectivity index is 1.79. The lowest BCUT2D eigenvalue weighted by molar-refractivity contribution is -0.130. The summed E-state index contributed by atoms with van der Waals surface area (Å²) in [5, 5.41) is 1.18. The number of hydrogen-bond acceptors (Lipinski definition) is 3. The lowest BCUT2D eigenvalue weighted by atomic mass is 9.87. The molecular formula is C24H28N2O3. The Morgan fingerprint density at radius 1 is 1.03 bits per heavy atom. The second kappa shape index (κ2) is 8.19. The Hall–Kier alpha value is -2.95. The standard InChI is InChI=1S/C24H28N2O3/c1-25-16-20(18-8-4-5-9-21(18)25)19(15-24(27)26-12-6-7-13-26)17-10-11-22(28-2)23(14-17)29-3/h4-5,8-11,14,16,19H,6-7,12-13,15H2,1-3H3. The highest BCUT2D eigenvalue weighted by atomic mass is 16.5. The molecule has 4 rings (SSSR count). The van der Waals surface area contributed by atoms with Crippen LogP contribution in [-0.2, 0) is 11.8 Å². The number of hydrogen-bond donors (Lipinski definition) is 0. The molecule has 152 valence electrons. The van der Waals surface area contributed by atoms with Crippen molar-refractivity contribution in [3.05, 3.63) is 59.8 Å². The molecule has 0 aliphatic carbocycles. The molecule has 1 aromatic heterocycles. The minimum Gasteiger partial charge on any atom is -0.493 e. The quantitative estimate of drug-likeness (QED) is 0.627. The van der Waals surface area contributed by atoms with Gasteiger partial charge in [0.15, 0.2) is 11.5 Å². The van der Waals surface area contributed by atoms with Crippen LogP contribution in [0, 0.1) is 0 Å². The van der Waals surface area contributed by atoms with Gasteiger partial charge >= 0.3 is 0 Å². The molecule has 0 N–H and O–H groups in total. The van der Waals surface area contributed by atoms with E-state index in [9.17, 15) is 4.79 Å². The number of carbonyl (C=O) groups excluding carboxylic acids is 1. The minimum absolute atomic E-state index is 0.0472. The molecule has 1 saturated heterocycles. The third-order valence-corrected chi connectivity index (χ3v) is 5.95. The molecule has 5 heteroatoms. The molecule has 29 heavy (non-hydrogen) atoms. The molecule has 1 unspecified atom stereocenters. The molecule has 0 bridgehead atoms. The molecular weight excluding hydrogens is 364 g/mol. The van der Waals surface area contributed by atoms with Crippen molar-refractivity contribution in [1.82, 2.24) is 9.47 Å². The monoisotopic (exact) mass is 392 g/mol. The predicted molar refractivity (Wildman–Crippen MR) is 115 cm³/mol. The Morgan fingerprint density at radius 2 is 1.76 bits per heavy atom. The van der Waals surface area contributed by atoms with Gasteiger partial charge in [-0.2, -0.15) is 0 Å². The van der Waals surface area contributed by atoms with Crippen LogP contribution in [0.25, 0.3) is 10.9 Å². The SMILES string of the molecule is COc1ccc(C(CC(=O)N2CCCC2)c2cn(C)c3ccccc23)cc1OC. The van der Waals surface area contributed by atoms with E-state index in [0.717, 1.165) is 31.5 Å². The number of amides is 1. The summed E-state index contributed by atoms with van der Waals surface area (Å²) in [5.74, 6) is 1.55. The molecule has 1 aliphatic heterocycles. The van der Waals surface area contributed by atoms with E-state index in [1.165, 1.54) is 16.5 Å². The summed E-state index contributed by atoms with van der Waals surface area (Å²) in [5.41, 5.74) is 3.40. The average Bonchev–Trinajstić information content (AvgIpc) is 3.40. The Morgan fingerprint density at radius 3 is 2.48 bits per heavy atom. The molecule has 0 radical (unpaired) electrons. The topological polar surface area (TPSA) is 43.7 Å². The summed E-state index contributed by atoms with van der Waals surface area (Å²) >= 11 is 0. The van der Waals surface area contributed by atoms with Gasteiger partial charge in [-0.1, -0.05) is 24.3 Å². The van der Waals surface area contributed by atoms with Gasteiger partial charge in [0.2, 0.25) is 5.91 Å². The Bertz CT molecular complexity index is 1020. The van der Waals surface area contributed by atoms with E-state index in [1.54, 1.807) is 14.2 Å². The summed E-state index contributed by atoms with van der Waals surface area (Å²) in [4.78, 5) is 15.1. The molecule has 1 aliphatic rings. The van der Waals surface area contributed by atoms with E-state index in [-0.39, 0.29) is 11.8 Å². The van der Waals surface area contributed by atoms with Crippen LogP contribution in [0.5, 0.6) is 11.5 Å². The van der Waals surface area contributed by atoms with Gasteiger partial charge in [0.25, 0.3) is 0 Å². The number of rotatable bonds is 6. The van der Waals surface area contributed by atoms with Crippen LogP contribution in [0.3, 0.4) is 0 Å². The van der Waals surface area contributed by atoms with E-state index < -0.39 is 0 Å². The highest BCUT2D eigenvalue weighted by molar-refractivity contribution is 5.86. The highest BCUT2D eigenvalue weighted by Gasteiger charge is 2.27. The van der Waals surface area contributed by atoms with Gasteiger partial charge < -0.3 is 18.9 Å². The van der Waals surface area contributed by atoms with Gasteiger partial charge in [-0.25, -0.2) is 0 Å². The van der Waals surface area contributed by atoms with Crippen LogP contribution in [0.4, 0.5) is 0 Å². The van der Waals surface area contributed by atoms with Crippen LogP contribution in [0.1, 0.15) is 36.3 Å². The molecule has 0 saturated carbocycles. The molecule has 1 amide bonds. The number of methoxy groups -OCH3 is 2. The van der Waals surface area contributed by atoms with Gasteiger partial charge in [0.1, 0.15) is 0 Å². The first kappa shape index (κ1) is 19.4. The summed E-state index contributed by atoms with van der Waals surface area (Å²) in [6.45, 7) is 1.74. The molecule has 3 aromatic rings. The third-order valence-electron chi connectivity index (χ3n) is 5.95. The molecule has 2 heterocycles. The molecule has 1 atom stereocenters. The van der Waals surface area contributed by atoms with E-state index in [2.05, 4.69) is 36.0 Å². The van der Waals surface area contributed by atoms with E-state index in [1.807, 2.05) is 29.2 Å². The zero-order valence-corrected chi connectivity index (χ0v) is 17.4. The van der Waals surface area contributed by atoms with Crippen molar-refractivity contribution in [3.8, 4) is 11.5 Å². The van der Waals surface area contributed by atoms with Crippen LogP contribution >= 0.6 is 0 Å². The summed E-state index contributed by atoms with van der Waals surface area (Å²) in [6, 6.07) is 14.3. The predicted octanol–water partition coefficient (Wildman–Crippen LogP) is 4.34. The van der Waals surface area contributed by atoms with Crippen molar-refractivity contribution in [2.45, 2.75) is 25.2 Å². The normalized spacial score (nSPS) is 14.9. The van der Waals surface area contributed by atoms with E-state index >= 15 is 0 Å². The van der Waals surface area contributed by atoms with Gasteiger partial charge in [-0.3, -0.25) is 4.79 Å². The van der Waals surface area contributed by atoms with E-state index in [4.69, 9.17) is 9.47 Å². The van der Waals surface area contributed by atoms with Gasteiger partial charge in [-0.15, -0.1) is 0 Å². The smallest absolute Gasteiger partial charge is 0.223 e. The number of benzene rings is 2. The molecule has 1 fully saturated rings. The van der Waals surface area contributed by atoms with Crippen molar-refractivity contribution < 1.29 is 14.3 Å². The number of aromatic nitrogens is 1. The van der Waals surface area contributed by atoms with Crippen LogP contribution in [-0.4, -0.2) is 42.7 Å². The second-order valence-electron chi connectivity index (χ2n) is 7.67. The Labute approximate surface area is 171 Å². The van der Waals surface area contributed by atoms with Gasteiger partial charge in [0.05, 0.1) is 14.2 Å². The van der Waals surface area contributed by atoms with Crippen LogP contribution < -0.4 is 9.47 Å². The first-order chi connectivity index (χ1) is 14.1. The van der Waals surface area contributed by atoms with Crippen molar-refractivity contribution in [2.24, 2.45) is 7.05 Å². The van der Waals surface area contributed by atoms with Crippen molar-refractivity contribution >= 4 is 16.8 Å². The highest BCUT2D eigenvalue weighted by Crippen LogP contribution is 2.38. The van der Waals surface area contributed by atoms with Crippen molar-refractivity contribution in [1.29, 1.82) is 0 Å². The maximum absolute atomic E-state index is 13.1. The first-order valence-electron chi connectivity index (χ1n) is 10.2. The number of nitrogens with zero attached hydrogens (tertiary/aromatic N) is 2.